The number of hydrogen-bond donors (Lipinski definition) is 3. The Morgan fingerprint density at radius 3 is 2.92 bits per heavy atom. The van der Waals surface area contributed by atoms with E-state index in [1.54, 1.807) is 23.7 Å². The van der Waals surface area contributed by atoms with Crippen molar-refractivity contribution in [3.05, 3.63) is 58.1 Å². The first-order chi connectivity index (χ1) is 12.6. The standard InChI is InChI=1S/C17H13N3O6/c21-16(20-23)9-1-3-11-12(5-9)18-15(19-17(11)22)7-24-10-2-4-13-14(6-10)26-8-25-13/h1-6,23H,7-8H2,(H,20,21)(H,18,19,22). The van der Waals surface area contributed by atoms with Gasteiger partial charge in [0.25, 0.3) is 11.5 Å². The fourth-order valence-corrected chi connectivity index (χ4v) is 2.58. The first kappa shape index (κ1) is 15.9. The van der Waals surface area contributed by atoms with E-state index in [1.807, 2.05) is 0 Å². The third kappa shape index (κ3) is 2.91. The number of aromatic nitrogens is 2. The molecule has 1 amide bonds. The van der Waals surface area contributed by atoms with E-state index >= 15 is 0 Å². The Kier molecular flexibility index (Phi) is 3.90. The van der Waals surface area contributed by atoms with Gasteiger partial charge in [-0.25, -0.2) is 10.5 Å². The van der Waals surface area contributed by atoms with E-state index in [4.69, 9.17) is 19.4 Å². The van der Waals surface area contributed by atoms with Crippen molar-refractivity contribution in [3.8, 4) is 17.2 Å². The minimum absolute atomic E-state index is 0.0151. The van der Waals surface area contributed by atoms with Gasteiger partial charge in [-0.2, -0.15) is 0 Å². The molecule has 3 N–H and O–H groups in total. The maximum absolute atomic E-state index is 12.2. The van der Waals surface area contributed by atoms with Crippen LogP contribution in [0.15, 0.2) is 41.2 Å². The van der Waals surface area contributed by atoms with E-state index in [0.29, 0.717) is 34.0 Å². The fraction of sp³-hybridized carbons (Fsp3) is 0.118. The molecule has 26 heavy (non-hydrogen) atoms. The zero-order valence-corrected chi connectivity index (χ0v) is 13.3. The van der Waals surface area contributed by atoms with Crippen molar-refractivity contribution >= 4 is 16.8 Å². The van der Waals surface area contributed by atoms with Gasteiger partial charge >= 0.3 is 0 Å². The van der Waals surface area contributed by atoms with Crippen molar-refractivity contribution in [3.63, 3.8) is 0 Å². The number of nitrogens with zero attached hydrogens (tertiary/aromatic N) is 1. The summed E-state index contributed by atoms with van der Waals surface area (Å²) in [5.74, 6) is 1.37. The topological polar surface area (TPSA) is 123 Å². The first-order valence-electron chi connectivity index (χ1n) is 7.64. The third-order valence-corrected chi connectivity index (χ3v) is 3.84. The number of rotatable bonds is 4. The SMILES string of the molecule is O=C(NO)c1ccc2c(=O)[nH]c(COc3ccc4c(c3)OCO4)nc2c1. The molecule has 132 valence electrons. The molecule has 0 atom stereocenters. The molecular formula is C17H13N3O6. The Balaban J connectivity index is 1.60. The quantitative estimate of drug-likeness (QED) is 0.477. The van der Waals surface area contributed by atoms with E-state index in [9.17, 15) is 9.59 Å². The summed E-state index contributed by atoms with van der Waals surface area (Å²) in [5, 5.41) is 9.04. The number of hydroxylamine groups is 1. The molecule has 1 aliphatic heterocycles. The zero-order chi connectivity index (χ0) is 18.1. The van der Waals surface area contributed by atoms with Crippen LogP contribution in [-0.4, -0.2) is 27.9 Å². The average molecular weight is 355 g/mol. The Bertz CT molecular complexity index is 1060. The zero-order valence-electron chi connectivity index (χ0n) is 13.3. The van der Waals surface area contributed by atoms with Crippen LogP contribution in [0.1, 0.15) is 16.2 Å². The summed E-state index contributed by atoms with van der Waals surface area (Å²) < 4.78 is 16.1. The minimum atomic E-state index is -0.688. The summed E-state index contributed by atoms with van der Waals surface area (Å²) >= 11 is 0. The summed E-state index contributed by atoms with van der Waals surface area (Å²) in [6, 6.07) is 9.44. The van der Waals surface area contributed by atoms with Gasteiger partial charge in [0.15, 0.2) is 11.5 Å². The summed E-state index contributed by atoms with van der Waals surface area (Å²) in [7, 11) is 0. The molecule has 0 fully saturated rings. The molecule has 0 unspecified atom stereocenters. The molecule has 3 aromatic rings. The molecule has 0 bridgehead atoms. The highest BCUT2D eigenvalue weighted by atomic mass is 16.7. The average Bonchev–Trinajstić information content (AvgIpc) is 3.13. The van der Waals surface area contributed by atoms with Crippen LogP contribution in [0.4, 0.5) is 0 Å². The van der Waals surface area contributed by atoms with Gasteiger partial charge in [0.05, 0.1) is 10.9 Å². The second-order valence-electron chi connectivity index (χ2n) is 5.49. The lowest BCUT2D eigenvalue weighted by atomic mass is 10.1. The van der Waals surface area contributed by atoms with Crippen molar-refractivity contribution in [2.75, 3.05) is 6.79 Å². The second kappa shape index (κ2) is 6.37. The predicted molar refractivity (Wildman–Crippen MR) is 88.5 cm³/mol. The van der Waals surface area contributed by atoms with Crippen molar-refractivity contribution in [2.45, 2.75) is 6.61 Å². The monoisotopic (exact) mass is 355 g/mol. The maximum Gasteiger partial charge on any atom is 0.274 e. The van der Waals surface area contributed by atoms with E-state index < -0.39 is 5.91 Å². The number of carbonyl (C=O) groups is 1. The van der Waals surface area contributed by atoms with Gasteiger partial charge < -0.3 is 19.2 Å². The molecule has 1 aliphatic rings. The lowest BCUT2D eigenvalue weighted by molar-refractivity contribution is 0.0706. The van der Waals surface area contributed by atoms with E-state index in [1.165, 1.54) is 18.2 Å². The molecule has 2 aromatic carbocycles. The number of aromatic amines is 1. The van der Waals surface area contributed by atoms with E-state index in [0.717, 1.165) is 0 Å². The molecule has 9 heteroatoms. The highest BCUT2D eigenvalue weighted by Gasteiger charge is 2.14. The number of benzene rings is 2. The molecule has 0 saturated heterocycles. The summed E-state index contributed by atoms with van der Waals surface area (Å²) in [6.45, 7) is 0.184. The number of nitrogens with one attached hydrogen (secondary N) is 2. The molecule has 4 rings (SSSR count). The molecule has 9 nitrogen and oxygen atoms in total. The van der Waals surface area contributed by atoms with Crippen LogP contribution in [0.3, 0.4) is 0 Å². The van der Waals surface area contributed by atoms with Gasteiger partial charge in [0.1, 0.15) is 18.2 Å². The highest BCUT2D eigenvalue weighted by molar-refractivity contribution is 5.96. The summed E-state index contributed by atoms with van der Waals surface area (Å²) in [6.07, 6.45) is 0. The summed E-state index contributed by atoms with van der Waals surface area (Å²) in [4.78, 5) is 30.6. The van der Waals surface area contributed by atoms with Gasteiger partial charge in [0, 0.05) is 11.6 Å². The number of ether oxygens (including phenoxy) is 3. The van der Waals surface area contributed by atoms with Crippen LogP contribution < -0.4 is 25.2 Å². The van der Waals surface area contributed by atoms with E-state index in [2.05, 4.69) is 9.97 Å². The van der Waals surface area contributed by atoms with Crippen LogP contribution in [0.25, 0.3) is 10.9 Å². The van der Waals surface area contributed by atoms with Crippen molar-refractivity contribution in [2.24, 2.45) is 0 Å². The lowest BCUT2D eigenvalue weighted by Gasteiger charge is -2.08. The lowest BCUT2D eigenvalue weighted by Crippen LogP contribution is -2.19. The molecule has 0 spiro atoms. The fourth-order valence-electron chi connectivity index (χ4n) is 2.58. The van der Waals surface area contributed by atoms with Gasteiger partial charge in [-0.15, -0.1) is 0 Å². The van der Waals surface area contributed by atoms with Gasteiger partial charge in [-0.1, -0.05) is 0 Å². The number of fused-ring (bicyclic) bond motifs is 2. The van der Waals surface area contributed by atoms with Crippen molar-refractivity contribution < 1.29 is 24.2 Å². The molecule has 0 aliphatic carbocycles. The minimum Gasteiger partial charge on any atom is -0.486 e. The molecule has 2 heterocycles. The summed E-state index contributed by atoms with van der Waals surface area (Å²) in [5.41, 5.74) is 1.69. The number of hydrogen-bond acceptors (Lipinski definition) is 7. The number of H-pyrrole nitrogens is 1. The van der Waals surface area contributed by atoms with Crippen LogP contribution >= 0.6 is 0 Å². The number of carbonyl (C=O) groups excluding carboxylic acids is 1. The normalized spacial score (nSPS) is 12.2. The van der Waals surface area contributed by atoms with E-state index in [-0.39, 0.29) is 24.5 Å². The van der Waals surface area contributed by atoms with Crippen LogP contribution in [0.2, 0.25) is 0 Å². The van der Waals surface area contributed by atoms with Gasteiger partial charge in [-0.3, -0.25) is 14.8 Å². The molecular weight excluding hydrogens is 342 g/mol. The van der Waals surface area contributed by atoms with Crippen molar-refractivity contribution in [1.82, 2.24) is 15.4 Å². The number of amides is 1. The maximum atomic E-state index is 12.2. The first-order valence-corrected chi connectivity index (χ1v) is 7.64. The van der Waals surface area contributed by atoms with Gasteiger partial charge in [0.2, 0.25) is 6.79 Å². The highest BCUT2D eigenvalue weighted by Crippen LogP contribution is 2.35. The second-order valence-corrected chi connectivity index (χ2v) is 5.49. The van der Waals surface area contributed by atoms with Gasteiger partial charge in [-0.05, 0) is 30.3 Å². The van der Waals surface area contributed by atoms with Crippen LogP contribution in [-0.2, 0) is 6.61 Å². The largest absolute Gasteiger partial charge is 0.486 e. The predicted octanol–water partition coefficient (Wildman–Crippen LogP) is 1.35. The smallest absolute Gasteiger partial charge is 0.274 e. The molecule has 1 aromatic heterocycles. The Hall–Kier alpha value is -3.59. The van der Waals surface area contributed by atoms with Crippen LogP contribution in [0.5, 0.6) is 17.2 Å². The Morgan fingerprint density at radius 2 is 2.08 bits per heavy atom. The van der Waals surface area contributed by atoms with Crippen molar-refractivity contribution in [1.29, 1.82) is 0 Å². The Morgan fingerprint density at radius 1 is 1.23 bits per heavy atom. The molecule has 0 saturated carbocycles. The molecule has 0 radical (unpaired) electrons. The third-order valence-electron chi connectivity index (χ3n) is 3.84. The van der Waals surface area contributed by atoms with Crippen LogP contribution in [0, 0.1) is 0 Å². The Labute approximate surface area is 146 Å².